The number of piperidine rings is 1. The summed E-state index contributed by atoms with van der Waals surface area (Å²) < 4.78 is 16.9. The maximum atomic E-state index is 12.4. The van der Waals surface area contributed by atoms with E-state index in [1.54, 1.807) is 13.2 Å². The Bertz CT molecular complexity index is 428. The van der Waals surface area contributed by atoms with Crippen LogP contribution in [0.15, 0.2) is 12.2 Å². The number of carbonyl (C=O) groups is 1. The molecule has 0 aromatic carbocycles. The summed E-state index contributed by atoms with van der Waals surface area (Å²) in [6.45, 7) is 6.44. The molecule has 3 rings (SSSR count). The summed E-state index contributed by atoms with van der Waals surface area (Å²) in [5.74, 6) is 0.0770. The van der Waals surface area contributed by atoms with E-state index in [1.807, 2.05) is 11.0 Å². The van der Waals surface area contributed by atoms with Gasteiger partial charge in [0.1, 0.15) is 6.10 Å². The number of morpholine rings is 1. The van der Waals surface area contributed by atoms with Crippen LogP contribution in [-0.2, 0) is 19.0 Å². The maximum Gasteiger partial charge on any atom is 0.246 e. The molecule has 3 aliphatic rings. The first kappa shape index (κ1) is 16.9. The number of ether oxygens (including phenoxy) is 3. The van der Waals surface area contributed by atoms with Crippen LogP contribution in [0.1, 0.15) is 19.3 Å². The summed E-state index contributed by atoms with van der Waals surface area (Å²) in [6, 6.07) is 0. The summed E-state index contributed by atoms with van der Waals surface area (Å²) in [5, 5.41) is 0. The lowest BCUT2D eigenvalue weighted by Gasteiger charge is -2.44. The molecule has 3 heterocycles. The Morgan fingerprint density at radius 2 is 2.09 bits per heavy atom. The van der Waals surface area contributed by atoms with Gasteiger partial charge in [0.25, 0.3) is 0 Å². The molecule has 130 valence electrons. The second kappa shape index (κ2) is 7.75. The van der Waals surface area contributed by atoms with Crippen molar-refractivity contribution in [3.63, 3.8) is 0 Å². The second-order valence-electron chi connectivity index (χ2n) is 6.59. The van der Waals surface area contributed by atoms with Gasteiger partial charge in [-0.05, 0) is 19.3 Å². The monoisotopic (exact) mass is 324 g/mol. The zero-order chi connectivity index (χ0) is 16.1. The molecule has 0 saturated carbocycles. The molecule has 0 aliphatic carbocycles. The van der Waals surface area contributed by atoms with E-state index in [4.69, 9.17) is 14.2 Å². The normalized spacial score (nSPS) is 32.9. The van der Waals surface area contributed by atoms with Crippen LogP contribution < -0.4 is 0 Å². The number of rotatable bonds is 4. The van der Waals surface area contributed by atoms with Crippen LogP contribution in [0.5, 0.6) is 0 Å². The molecule has 0 bridgehead atoms. The standard InChI is InChI=1S/C17H28N2O4/c1-21-15-14-19(8-6-17(15)5-3-11-23-17)16(20)4-2-7-18-9-12-22-13-10-18/h2,4,15H,3,5-14H2,1H3/b4-2+/t15-,17+/m1/s1. The number of amides is 1. The Balaban J connectivity index is 1.50. The molecule has 0 aromatic rings. The van der Waals surface area contributed by atoms with E-state index < -0.39 is 0 Å². The summed E-state index contributed by atoms with van der Waals surface area (Å²) >= 11 is 0. The van der Waals surface area contributed by atoms with Crippen molar-refractivity contribution in [1.29, 1.82) is 0 Å². The van der Waals surface area contributed by atoms with E-state index in [-0.39, 0.29) is 17.6 Å². The van der Waals surface area contributed by atoms with E-state index in [1.165, 1.54) is 0 Å². The molecule has 0 aromatic heterocycles. The van der Waals surface area contributed by atoms with Crippen LogP contribution in [0.25, 0.3) is 0 Å². The van der Waals surface area contributed by atoms with Gasteiger partial charge < -0.3 is 19.1 Å². The fourth-order valence-electron chi connectivity index (χ4n) is 3.79. The molecule has 3 fully saturated rings. The molecule has 0 radical (unpaired) electrons. The zero-order valence-electron chi connectivity index (χ0n) is 14.0. The minimum Gasteiger partial charge on any atom is -0.379 e. The largest absolute Gasteiger partial charge is 0.379 e. The van der Waals surface area contributed by atoms with E-state index in [0.29, 0.717) is 6.54 Å². The van der Waals surface area contributed by atoms with Gasteiger partial charge in [0, 0.05) is 52.5 Å². The van der Waals surface area contributed by atoms with Gasteiger partial charge in [0.2, 0.25) is 5.91 Å². The highest BCUT2D eigenvalue weighted by Crippen LogP contribution is 2.37. The van der Waals surface area contributed by atoms with Crippen LogP contribution in [-0.4, -0.2) is 87.1 Å². The van der Waals surface area contributed by atoms with Gasteiger partial charge in [0.05, 0.1) is 18.8 Å². The van der Waals surface area contributed by atoms with Crippen molar-refractivity contribution in [2.45, 2.75) is 31.0 Å². The van der Waals surface area contributed by atoms with Crippen molar-refractivity contribution in [3.8, 4) is 0 Å². The van der Waals surface area contributed by atoms with E-state index in [0.717, 1.165) is 65.3 Å². The number of likely N-dealkylation sites (tertiary alicyclic amines) is 1. The van der Waals surface area contributed by atoms with Crippen molar-refractivity contribution < 1.29 is 19.0 Å². The Morgan fingerprint density at radius 3 is 2.78 bits per heavy atom. The number of hydrogen-bond acceptors (Lipinski definition) is 5. The first-order valence-corrected chi connectivity index (χ1v) is 8.66. The fraction of sp³-hybridized carbons (Fsp3) is 0.824. The third-order valence-electron chi connectivity index (χ3n) is 5.24. The molecule has 6 heteroatoms. The smallest absolute Gasteiger partial charge is 0.246 e. The summed E-state index contributed by atoms with van der Waals surface area (Å²) in [5.41, 5.74) is -0.164. The van der Waals surface area contributed by atoms with Gasteiger partial charge in [-0.3, -0.25) is 9.69 Å². The van der Waals surface area contributed by atoms with Crippen molar-refractivity contribution in [2.75, 3.05) is 59.7 Å². The van der Waals surface area contributed by atoms with E-state index >= 15 is 0 Å². The minimum absolute atomic E-state index is 0.0182. The van der Waals surface area contributed by atoms with E-state index in [9.17, 15) is 4.79 Å². The van der Waals surface area contributed by atoms with Gasteiger partial charge in [-0.2, -0.15) is 0 Å². The van der Waals surface area contributed by atoms with Gasteiger partial charge in [-0.1, -0.05) is 6.08 Å². The molecule has 0 unspecified atom stereocenters. The predicted octanol–water partition coefficient (Wildman–Crippen LogP) is 0.671. The van der Waals surface area contributed by atoms with Gasteiger partial charge in [-0.25, -0.2) is 0 Å². The number of nitrogens with zero attached hydrogens (tertiary/aromatic N) is 2. The third kappa shape index (κ3) is 3.94. The lowest BCUT2D eigenvalue weighted by Crippen LogP contribution is -2.57. The fourth-order valence-corrected chi connectivity index (χ4v) is 3.79. The second-order valence-corrected chi connectivity index (χ2v) is 6.59. The molecule has 3 saturated heterocycles. The van der Waals surface area contributed by atoms with Crippen molar-refractivity contribution in [1.82, 2.24) is 9.80 Å². The summed E-state index contributed by atoms with van der Waals surface area (Å²) in [4.78, 5) is 16.6. The summed E-state index contributed by atoms with van der Waals surface area (Å²) in [6.07, 6.45) is 6.65. The van der Waals surface area contributed by atoms with E-state index in [2.05, 4.69) is 4.90 Å². The molecule has 1 amide bonds. The van der Waals surface area contributed by atoms with Crippen molar-refractivity contribution in [3.05, 3.63) is 12.2 Å². The van der Waals surface area contributed by atoms with Gasteiger partial charge in [0.15, 0.2) is 0 Å². The van der Waals surface area contributed by atoms with Gasteiger partial charge in [-0.15, -0.1) is 0 Å². The Hall–Kier alpha value is -0.950. The molecule has 23 heavy (non-hydrogen) atoms. The lowest BCUT2D eigenvalue weighted by molar-refractivity contribution is -0.155. The zero-order valence-corrected chi connectivity index (χ0v) is 14.0. The molecule has 2 atom stereocenters. The summed E-state index contributed by atoms with van der Waals surface area (Å²) in [7, 11) is 1.72. The average Bonchev–Trinajstić information content (AvgIpc) is 3.05. The molecule has 1 spiro atoms. The Kier molecular flexibility index (Phi) is 5.69. The van der Waals surface area contributed by atoms with Crippen molar-refractivity contribution in [2.24, 2.45) is 0 Å². The molecular weight excluding hydrogens is 296 g/mol. The topological polar surface area (TPSA) is 51.2 Å². The lowest BCUT2D eigenvalue weighted by atomic mass is 9.86. The number of carbonyl (C=O) groups excluding carboxylic acids is 1. The average molecular weight is 324 g/mol. The van der Waals surface area contributed by atoms with Gasteiger partial charge >= 0.3 is 0 Å². The van der Waals surface area contributed by atoms with Crippen LogP contribution >= 0.6 is 0 Å². The number of methoxy groups -OCH3 is 1. The molecule has 0 N–H and O–H groups in total. The van der Waals surface area contributed by atoms with Crippen molar-refractivity contribution >= 4 is 5.91 Å². The Morgan fingerprint density at radius 1 is 1.26 bits per heavy atom. The van der Waals surface area contributed by atoms with Crippen LogP contribution in [0.3, 0.4) is 0 Å². The maximum absolute atomic E-state index is 12.4. The Labute approximate surface area is 138 Å². The highest BCUT2D eigenvalue weighted by molar-refractivity contribution is 5.87. The molecular formula is C17H28N2O4. The van der Waals surface area contributed by atoms with Crippen LogP contribution in [0, 0.1) is 0 Å². The molecule has 6 nitrogen and oxygen atoms in total. The minimum atomic E-state index is -0.164. The third-order valence-corrected chi connectivity index (χ3v) is 5.24. The number of hydrogen-bond donors (Lipinski definition) is 0. The van der Waals surface area contributed by atoms with Crippen LogP contribution in [0.4, 0.5) is 0 Å². The quantitative estimate of drug-likeness (QED) is 0.712. The highest BCUT2D eigenvalue weighted by Gasteiger charge is 2.47. The first-order valence-electron chi connectivity index (χ1n) is 8.66. The van der Waals surface area contributed by atoms with Crippen LogP contribution in [0.2, 0.25) is 0 Å². The molecule has 3 aliphatic heterocycles. The predicted molar refractivity (Wildman–Crippen MR) is 86.3 cm³/mol. The first-order chi connectivity index (χ1) is 11.2. The highest BCUT2D eigenvalue weighted by atomic mass is 16.6. The SMILES string of the molecule is CO[C@@H]1CN(C(=O)/C=C/CN2CCOCC2)CC[C@@]12CCCO2.